The minimum Gasteiger partial charge on any atom is -0.466 e. The first-order chi connectivity index (χ1) is 12.5. The van der Waals surface area contributed by atoms with Gasteiger partial charge in [-0.2, -0.15) is 0 Å². The summed E-state index contributed by atoms with van der Waals surface area (Å²) in [6.07, 6.45) is 1.77. The Balaban J connectivity index is 0.000000260. The molecular weight excluding hydrogens is 340 g/mol. The molecule has 0 saturated heterocycles. The van der Waals surface area contributed by atoms with Crippen molar-refractivity contribution in [1.29, 1.82) is 0 Å². The van der Waals surface area contributed by atoms with Crippen molar-refractivity contribution in [2.24, 2.45) is 0 Å². The average molecular weight is 362 g/mol. The Bertz CT molecular complexity index is 669. The SMILES string of the molecule is CCOC(=O)Cc1ccc(C=O)[nH]1.CCOC(=O)Cc1ccc(C=O)[nH]1. The zero-order chi connectivity index (χ0) is 19.4. The maximum absolute atomic E-state index is 11.0. The quantitative estimate of drug-likeness (QED) is 0.547. The summed E-state index contributed by atoms with van der Waals surface area (Å²) in [4.78, 5) is 48.1. The van der Waals surface area contributed by atoms with Crippen LogP contribution in [0.5, 0.6) is 0 Å². The van der Waals surface area contributed by atoms with Crippen molar-refractivity contribution in [1.82, 2.24) is 9.97 Å². The van der Waals surface area contributed by atoms with E-state index in [2.05, 4.69) is 9.97 Å². The van der Waals surface area contributed by atoms with Crippen molar-refractivity contribution in [3.05, 3.63) is 47.0 Å². The van der Waals surface area contributed by atoms with Gasteiger partial charge in [0.25, 0.3) is 0 Å². The second kappa shape index (κ2) is 11.4. The third-order valence-corrected chi connectivity index (χ3v) is 3.07. The number of ether oxygens (including phenoxy) is 2. The maximum Gasteiger partial charge on any atom is 0.311 e. The van der Waals surface area contributed by atoms with E-state index in [4.69, 9.17) is 9.47 Å². The fourth-order valence-corrected chi connectivity index (χ4v) is 2.00. The second-order valence-corrected chi connectivity index (χ2v) is 5.08. The standard InChI is InChI=1S/2C9H11NO3/c2*1-2-13-9(12)5-7-3-4-8(6-11)10-7/h2*3-4,6,10H,2,5H2,1H3. The molecule has 0 spiro atoms. The number of nitrogens with one attached hydrogen (secondary N) is 2. The number of H-pyrrole nitrogens is 2. The molecule has 2 heterocycles. The summed E-state index contributed by atoms with van der Waals surface area (Å²) in [5.41, 5.74) is 2.33. The molecule has 2 rings (SSSR count). The summed E-state index contributed by atoms with van der Waals surface area (Å²) in [6.45, 7) is 4.26. The van der Waals surface area contributed by atoms with Gasteiger partial charge in [-0.15, -0.1) is 0 Å². The third-order valence-electron chi connectivity index (χ3n) is 3.07. The lowest BCUT2D eigenvalue weighted by Crippen LogP contribution is -2.07. The highest BCUT2D eigenvalue weighted by Crippen LogP contribution is 2.02. The van der Waals surface area contributed by atoms with Gasteiger partial charge in [0.1, 0.15) is 0 Å². The number of esters is 2. The fourth-order valence-electron chi connectivity index (χ4n) is 2.00. The number of aromatic amines is 2. The lowest BCUT2D eigenvalue weighted by molar-refractivity contribution is -0.143. The van der Waals surface area contributed by atoms with Gasteiger partial charge in [0.15, 0.2) is 12.6 Å². The number of hydrogen-bond acceptors (Lipinski definition) is 6. The van der Waals surface area contributed by atoms with Gasteiger partial charge in [-0.3, -0.25) is 19.2 Å². The van der Waals surface area contributed by atoms with E-state index in [0.717, 1.165) is 0 Å². The third kappa shape index (κ3) is 7.61. The van der Waals surface area contributed by atoms with Crippen LogP contribution in [0.1, 0.15) is 46.2 Å². The molecule has 2 N–H and O–H groups in total. The molecule has 8 nitrogen and oxygen atoms in total. The van der Waals surface area contributed by atoms with E-state index < -0.39 is 0 Å². The second-order valence-electron chi connectivity index (χ2n) is 5.08. The van der Waals surface area contributed by atoms with Crippen LogP contribution in [0.2, 0.25) is 0 Å². The molecule has 26 heavy (non-hydrogen) atoms. The average Bonchev–Trinajstić information content (AvgIpc) is 3.25. The minimum absolute atomic E-state index is 0.182. The molecule has 0 radical (unpaired) electrons. The van der Waals surface area contributed by atoms with E-state index in [1.54, 1.807) is 38.1 Å². The van der Waals surface area contributed by atoms with Crippen LogP contribution in [0.3, 0.4) is 0 Å². The van der Waals surface area contributed by atoms with E-state index in [1.165, 1.54) is 0 Å². The Morgan fingerprint density at radius 3 is 1.46 bits per heavy atom. The van der Waals surface area contributed by atoms with Crippen molar-refractivity contribution in [3.8, 4) is 0 Å². The summed E-state index contributed by atoms with van der Waals surface area (Å²) >= 11 is 0. The van der Waals surface area contributed by atoms with Crippen LogP contribution in [0.4, 0.5) is 0 Å². The smallest absolute Gasteiger partial charge is 0.311 e. The minimum atomic E-state index is -0.290. The molecular formula is C18H22N2O6. The van der Waals surface area contributed by atoms with E-state index in [0.29, 0.717) is 48.6 Å². The number of carbonyl (C=O) groups is 4. The van der Waals surface area contributed by atoms with Gasteiger partial charge in [-0.25, -0.2) is 0 Å². The molecule has 0 aliphatic carbocycles. The number of carbonyl (C=O) groups excluding carboxylic acids is 4. The Hall–Kier alpha value is -3.16. The van der Waals surface area contributed by atoms with E-state index in [1.807, 2.05) is 0 Å². The normalized spacial score (nSPS) is 9.62. The van der Waals surface area contributed by atoms with Crippen LogP contribution >= 0.6 is 0 Å². The molecule has 2 aromatic heterocycles. The molecule has 0 unspecified atom stereocenters. The molecule has 0 bridgehead atoms. The molecule has 0 atom stereocenters. The topological polar surface area (TPSA) is 118 Å². The number of rotatable bonds is 8. The van der Waals surface area contributed by atoms with Gasteiger partial charge in [0.2, 0.25) is 0 Å². The van der Waals surface area contributed by atoms with Crippen LogP contribution < -0.4 is 0 Å². The summed E-state index contributed by atoms with van der Waals surface area (Å²) in [5.74, 6) is -0.580. The van der Waals surface area contributed by atoms with Gasteiger partial charge in [-0.1, -0.05) is 0 Å². The monoisotopic (exact) mass is 362 g/mol. The molecule has 140 valence electrons. The largest absolute Gasteiger partial charge is 0.466 e. The zero-order valence-electron chi connectivity index (χ0n) is 14.7. The Morgan fingerprint density at radius 2 is 1.19 bits per heavy atom. The predicted molar refractivity (Wildman–Crippen MR) is 93.0 cm³/mol. The molecule has 2 aromatic rings. The molecule has 0 fully saturated rings. The highest BCUT2D eigenvalue weighted by Gasteiger charge is 2.06. The number of aldehydes is 2. The summed E-state index contributed by atoms with van der Waals surface area (Å²) in [7, 11) is 0. The Labute approximate surface area is 150 Å². The van der Waals surface area contributed by atoms with E-state index >= 15 is 0 Å². The first-order valence-electron chi connectivity index (χ1n) is 8.09. The molecule has 8 heteroatoms. The highest BCUT2D eigenvalue weighted by atomic mass is 16.5. The van der Waals surface area contributed by atoms with E-state index in [-0.39, 0.29) is 24.8 Å². The Kier molecular flexibility index (Phi) is 9.16. The van der Waals surface area contributed by atoms with Gasteiger partial charge < -0.3 is 19.4 Å². The van der Waals surface area contributed by atoms with Crippen LogP contribution in [0.25, 0.3) is 0 Å². The molecule has 0 saturated carbocycles. The van der Waals surface area contributed by atoms with Gasteiger partial charge >= 0.3 is 11.9 Å². The van der Waals surface area contributed by atoms with Crippen LogP contribution in [0.15, 0.2) is 24.3 Å². The summed E-state index contributed by atoms with van der Waals surface area (Å²) in [5, 5.41) is 0. The number of hydrogen-bond donors (Lipinski definition) is 2. The van der Waals surface area contributed by atoms with Crippen molar-refractivity contribution >= 4 is 24.5 Å². The molecule has 0 aliphatic rings. The lowest BCUT2D eigenvalue weighted by atomic mass is 10.3. The highest BCUT2D eigenvalue weighted by molar-refractivity contribution is 5.75. The predicted octanol–water partition coefficient (Wildman–Crippen LogP) is 1.87. The van der Waals surface area contributed by atoms with Crippen LogP contribution in [-0.4, -0.2) is 47.7 Å². The lowest BCUT2D eigenvalue weighted by Gasteiger charge is -1.98. The first-order valence-corrected chi connectivity index (χ1v) is 8.09. The van der Waals surface area contributed by atoms with E-state index in [9.17, 15) is 19.2 Å². The van der Waals surface area contributed by atoms with Crippen LogP contribution in [0, 0.1) is 0 Å². The maximum atomic E-state index is 11.0. The molecule has 0 amide bonds. The molecule has 0 aromatic carbocycles. The van der Waals surface area contributed by atoms with Crippen molar-refractivity contribution in [2.75, 3.05) is 13.2 Å². The van der Waals surface area contributed by atoms with Gasteiger partial charge in [0.05, 0.1) is 37.4 Å². The van der Waals surface area contributed by atoms with Crippen molar-refractivity contribution in [2.45, 2.75) is 26.7 Å². The Morgan fingerprint density at radius 1 is 0.808 bits per heavy atom. The van der Waals surface area contributed by atoms with Crippen LogP contribution in [-0.2, 0) is 31.9 Å². The van der Waals surface area contributed by atoms with Gasteiger partial charge in [0, 0.05) is 11.4 Å². The van der Waals surface area contributed by atoms with Crippen molar-refractivity contribution < 1.29 is 28.7 Å². The van der Waals surface area contributed by atoms with Crippen molar-refractivity contribution in [3.63, 3.8) is 0 Å². The van der Waals surface area contributed by atoms with Gasteiger partial charge in [-0.05, 0) is 38.1 Å². The summed E-state index contributed by atoms with van der Waals surface area (Å²) in [6, 6.07) is 6.64. The summed E-state index contributed by atoms with van der Waals surface area (Å²) < 4.78 is 9.48. The first kappa shape index (κ1) is 20.9. The fraction of sp³-hybridized carbons (Fsp3) is 0.333. The molecule has 0 aliphatic heterocycles. The zero-order valence-corrected chi connectivity index (χ0v) is 14.7. The number of aromatic nitrogens is 2.